The van der Waals surface area contributed by atoms with Crippen LogP contribution >= 0.6 is 0 Å². The largest absolute Gasteiger partial charge is 1.00 e. The molecule has 0 aromatic rings. The molecule has 0 saturated carbocycles. The molecule has 0 aromatic carbocycles. The Morgan fingerprint density at radius 1 is 0.846 bits per heavy atom. The molecule has 0 radical (unpaired) electrons. The Balaban J connectivity index is -0.000000605. The first-order valence-electron chi connectivity index (χ1n) is 5.56. The number of hydrogen-bond acceptors (Lipinski definition) is 0. The van der Waals surface area contributed by atoms with Gasteiger partial charge in [-0.3, -0.25) is 0 Å². The van der Waals surface area contributed by atoms with Gasteiger partial charge in [0.1, 0.15) is 0 Å². The molecule has 0 heterocycles. The van der Waals surface area contributed by atoms with Crippen LogP contribution in [-0.2, 0) is 0 Å². The topological polar surface area (TPSA) is 0 Å². The van der Waals surface area contributed by atoms with Gasteiger partial charge in [-0.2, -0.15) is 0 Å². The van der Waals surface area contributed by atoms with Crippen molar-refractivity contribution in [3.05, 3.63) is 0 Å². The van der Waals surface area contributed by atoms with Crippen LogP contribution in [0.25, 0.3) is 0 Å². The Bertz CT molecular complexity index is 97.0. The molecule has 76 valence electrons. The summed E-state index contributed by atoms with van der Waals surface area (Å²) in [5.41, 5.74) is 0.546. The van der Waals surface area contributed by atoms with E-state index < -0.39 is 0 Å². The molecule has 0 amide bonds. The van der Waals surface area contributed by atoms with Crippen molar-refractivity contribution < 1.29 is 20.3 Å². The summed E-state index contributed by atoms with van der Waals surface area (Å²) in [6, 6.07) is 0. The van der Waals surface area contributed by atoms with Crippen LogP contribution < -0.4 is 18.9 Å². The van der Waals surface area contributed by atoms with E-state index in [4.69, 9.17) is 0 Å². The van der Waals surface area contributed by atoms with Gasteiger partial charge in [-0.1, -0.05) is 66.2 Å². The molecule has 0 fully saturated rings. The SMILES string of the molecule is CCCCCCCCC(C)(C)C.[H-].[Li+]. The summed E-state index contributed by atoms with van der Waals surface area (Å²) in [6.45, 7) is 9.27. The Labute approximate surface area is 98.5 Å². The molecule has 0 unspecified atom stereocenters. The first-order chi connectivity index (χ1) is 5.56. The van der Waals surface area contributed by atoms with Crippen molar-refractivity contribution in [1.82, 2.24) is 0 Å². The third-order valence-electron chi connectivity index (χ3n) is 2.28. The van der Waals surface area contributed by atoms with Crippen molar-refractivity contribution in [2.24, 2.45) is 5.41 Å². The van der Waals surface area contributed by atoms with Gasteiger partial charge in [-0.25, -0.2) is 0 Å². The van der Waals surface area contributed by atoms with Gasteiger partial charge < -0.3 is 1.43 Å². The minimum Gasteiger partial charge on any atom is -1.00 e. The molecule has 0 N–H and O–H groups in total. The Morgan fingerprint density at radius 2 is 1.31 bits per heavy atom. The van der Waals surface area contributed by atoms with Gasteiger partial charge in [0, 0.05) is 0 Å². The fraction of sp³-hybridized carbons (Fsp3) is 1.00. The van der Waals surface area contributed by atoms with Crippen LogP contribution in [0.4, 0.5) is 0 Å². The average molecular weight is 178 g/mol. The third-order valence-corrected chi connectivity index (χ3v) is 2.28. The molecule has 0 aromatic heterocycles. The second-order valence-electron chi connectivity index (χ2n) is 5.08. The van der Waals surface area contributed by atoms with Crippen molar-refractivity contribution in [3.8, 4) is 0 Å². The fourth-order valence-electron chi connectivity index (χ4n) is 1.44. The first-order valence-corrected chi connectivity index (χ1v) is 5.56. The van der Waals surface area contributed by atoms with E-state index in [-0.39, 0.29) is 20.3 Å². The summed E-state index contributed by atoms with van der Waals surface area (Å²) in [5, 5.41) is 0. The van der Waals surface area contributed by atoms with E-state index in [1.54, 1.807) is 0 Å². The van der Waals surface area contributed by atoms with Crippen LogP contribution in [-0.4, -0.2) is 0 Å². The Kier molecular flexibility index (Phi) is 11.3. The zero-order valence-corrected chi connectivity index (χ0v) is 10.4. The minimum absolute atomic E-state index is 0. The van der Waals surface area contributed by atoms with E-state index >= 15 is 0 Å². The first kappa shape index (κ1) is 16.0. The van der Waals surface area contributed by atoms with E-state index in [2.05, 4.69) is 27.7 Å². The molecule has 1 heteroatoms. The minimum atomic E-state index is 0. The van der Waals surface area contributed by atoms with Crippen molar-refractivity contribution in [2.45, 2.75) is 72.6 Å². The van der Waals surface area contributed by atoms with Gasteiger partial charge in [0.25, 0.3) is 0 Å². The van der Waals surface area contributed by atoms with Gasteiger partial charge in [0.05, 0.1) is 0 Å². The van der Waals surface area contributed by atoms with Crippen molar-refractivity contribution in [1.29, 1.82) is 0 Å². The Morgan fingerprint density at radius 3 is 1.77 bits per heavy atom. The van der Waals surface area contributed by atoms with Gasteiger partial charge in [-0.15, -0.1) is 0 Å². The van der Waals surface area contributed by atoms with Crippen LogP contribution in [0.2, 0.25) is 0 Å². The summed E-state index contributed by atoms with van der Waals surface area (Å²) in [7, 11) is 0. The smallest absolute Gasteiger partial charge is 1.00 e. The predicted octanol–water partition coefficient (Wildman–Crippen LogP) is 1.90. The van der Waals surface area contributed by atoms with Crippen molar-refractivity contribution in [3.63, 3.8) is 0 Å². The van der Waals surface area contributed by atoms with E-state index in [1.165, 1.54) is 44.9 Å². The second-order valence-corrected chi connectivity index (χ2v) is 5.08. The summed E-state index contributed by atoms with van der Waals surface area (Å²) in [5.74, 6) is 0. The van der Waals surface area contributed by atoms with E-state index in [0.29, 0.717) is 5.41 Å². The van der Waals surface area contributed by atoms with Crippen LogP contribution in [0.3, 0.4) is 0 Å². The van der Waals surface area contributed by atoms with Crippen LogP contribution in [0.5, 0.6) is 0 Å². The molecule has 0 nitrogen and oxygen atoms in total. The molecule has 0 saturated heterocycles. The normalized spacial score (nSPS) is 11.1. The maximum absolute atomic E-state index is 2.33. The number of unbranched alkanes of at least 4 members (excludes halogenated alkanes) is 5. The van der Waals surface area contributed by atoms with Gasteiger partial charge in [0.2, 0.25) is 0 Å². The molecular weight excluding hydrogens is 151 g/mol. The van der Waals surface area contributed by atoms with Crippen LogP contribution in [0.1, 0.15) is 74.1 Å². The zero-order valence-electron chi connectivity index (χ0n) is 11.4. The van der Waals surface area contributed by atoms with Crippen LogP contribution in [0.15, 0.2) is 0 Å². The number of hydrogen-bond donors (Lipinski definition) is 0. The van der Waals surface area contributed by atoms with E-state index in [0.717, 1.165) is 0 Å². The predicted molar refractivity (Wildman–Crippen MR) is 58.6 cm³/mol. The standard InChI is InChI=1S/C12H26.Li.H/c1-5-6-7-8-9-10-11-12(2,3)4;;/h5-11H2,1-4H3;;/q;+1;-1. The molecule has 0 aliphatic carbocycles. The number of rotatable bonds is 6. The molecule has 0 atom stereocenters. The maximum atomic E-state index is 2.33. The van der Waals surface area contributed by atoms with Crippen molar-refractivity contribution >= 4 is 0 Å². The molecular formula is C12H27Li. The molecule has 0 aliphatic heterocycles. The van der Waals surface area contributed by atoms with E-state index in [1.807, 2.05) is 0 Å². The second kappa shape index (κ2) is 9.16. The van der Waals surface area contributed by atoms with Crippen molar-refractivity contribution in [2.75, 3.05) is 0 Å². The summed E-state index contributed by atoms with van der Waals surface area (Å²) < 4.78 is 0. The summed E-state index contributed by atoms with van der Waals surface area (Å²) in [4.78, 5) is 0. The molecule has 0 aliphatic rings. The van der Waals surface area contributed by atoms with Gasteiger partial charge in [-0.05, 0) is 11.8 Å². The monoisotopic (exact) mass is 178 g/mol. The summed E-state index contributed by atoms with van der Waals surface area (Å²) >= 11 is 0. The Hall–Kier alpha value is 0.597. The molecule has 0 spiro atoms. The average Bonchev–Trinajstić information content (AvgIpc) is 1.94. The van der Waals surface area contributed by atoms with E-state index in [9.17, 15) is 0 Å². The molecule has 13 heavy (non-hydrogen) atoms. The third kappa shape index (κ3) is 15.4. The zero-order chi connectivity index (χ0) is 9.45. The fourth-order valence-corrected chi connectivity index (χ4v) is 1.44. The maximum Gasteiger partial charge on any atom is 1.00 e. The molecule has 0 bridgehead atoms. The van der Waals surface area contributed by atoms with Crippen LogP contribution in [0, 0.1) is 5.41 Å². The van der Waals surface area contributed by atoms with Gasteiger partial charge in [0.15, 0.2) is 0 Å². The quantitative estimate of drug-likeness (QED) is 0.430. The molecule has 0 rings (SSSR count). The summed E-state index contributed by atoms with van der Waals surface area (Å²) in [6.07, 6.45) is 9.93. The van der Waals surface area contributed by atoms with Gasteiger partial charge >= 0.3 is 18.9 Å².